The lowest BCUT2D eigenvalue weighted by molar-refractivity contribution is -0.114. The summed E-state index contributed by atoms with van der Waals surface area (Å²) in [5, 5.41) is 2.61. The van der Waals surface area contributed by atoms with E-state index in [1.165, 1.54) is 0 Å². The maximum absolute atomic E-state index is 11.2. The Labute approximate surface area is 99.0 Å². The van der Waals surface area contributed by atoms with Crippen LogP contribution in [0.3, 0.4) is 0 Å². The summed E-state index contributed by atoms with van der Waals surface area (Å²) in [7, 11) is 3.85. The van der Waals surface area contributed by atoms with Crippen molar-refractivity contribution in [2.45, 2.75) is 4.84 Å². The Morgan fingerprint density at radius 3 is 2.60 bits per heavy atom. The van der Waals surface area contributed by atoms with E-state index in [0.29, 0.717) is 5.69 Å². The first-order chi connectivity index (χ1) is 7.00. The Balaban J connectivity index is 2.78. The fourth-order valence-electron chi connectivity index (χ4n) is 1.06. The molecule has 1 rings (SSSR count). The SMILES string of the molecule is CN(C)c1cccc(NC(=O)C(Cl)Cl)c1. The maximum Gasteiger partial charge on any atom is 0.257 e. The van der Waals surface area contributed by atoms with Crippen LogP contribution in [0.5, 0.6) is 0 Å². The van der Waals surface area contributed by atoms with Gasteiger partial charge in [-0.3, -0.25) is 4.79 Å². The van der Waals surface area contributed by atoms with Crippen molar-refractivity contribution in [1.29, 1.82) is 0 Å². The highest BCUT2D eigenvalue weighted by Crippen LogP contribution is 2.18. The number of rotatable bonds is 3. The Bertz CT molecular complexity index is 353. The number of nitrogens with one attached hydrogen (secondary N) is 1. The molecule has 0 atom stereocenters. The summed E-state index contributed by atoms with van der Waals surface area (Å²) < 4.78 is 0. The van der Waals surface area contributed by atoms with Crippen molar-refractivity contribution in [2.75, 3.05) is 24.3 Å². The van der Waals surface area contributed by atoms with Gasteiger partial charge in [0.2, 0.25) is 0 Å². The zero-order valence-electron chi connectivity index (χ0n) is 8.50. The number of carbonyl (C=O) groups is 1. The fourth-order valence-corrected chi connectivity index (χ4v) is 1.17. The molecule has 0 saturated carbocycles. The van der Waals surface area contributed by atoms with Gasteiger partial charge in [0.15, 0.2) is 4.84 Å². The molecule has 1 aromatic rings. The quantitative estimate of drug-likeness (QED) is 0.832. The van der Waals surface area contributed by atoms with Crippen LogP contribution in [0.15, 0.2) is 24.3 Å². The van der Waals surface area contributed by atoms with Crippen LogP contribution < -0.4 is 10.2 Å². The molecule has 0 radical (unpaired) electrons. The average Bonchev–Trinajstić information content (AvgIpc) is 2.18. The minimum absolute atomic E-state index is 0.422. The second-order valence-electron chi connectivity index (χ2n) is 3.23. The van der Waals surface area contributed by atoms with Gasteiger partial charge in [-0.1, -0.05) is 29.3 Å². The van der Waals surface area contributed by atoms with Crippen molar-refractivity contribution < 1.29 is 4.79 Å². The van der Waals surface area contributed by atoms with Gasteiger partial charge in [-0.2, -0.15) is 0 Å². The number of benzene rings is 1. The molecule has 0 saturated heterocycles. The maximum atomic E-state index is 11.2. The number of anilines is 2. The number of halogens is 2. The van der Waals surface area contributed by atoms with E-state index < -0.39 is 10.7 Å². The molecule has 0 spiro atoms. The molecule has 15 heavy (non-hydrogen) atoms. The van der Waals surface area contributed by atoms with Crippen molar-refractivity contribution in [3.8, 4) is 0 Å². The molecule has 1 aromatic carbocycles. The summed E-state index contributed by atoms with van der Waals surface area (Å²) in [6.07, 6.45) is 0. The van der Waals surface area contributed by atoms with Crippen molar-refractivity contribution >= 4 is 40.5 Å². The van der Waals surface area contributed by atoms with E-state index in [0.717, 1.165) is 5.69 Å². The van der Waals surface area contributed by atoms with Gasteiger partial charge < -0.3 is 10.2 Å². The summed E-state index contributed by atoms with van der Waals surface area (Å²) >= 11 is 10.8. The molecule has 0 aromatic heterocycles. The van der Waals surface area contributed by atoms with E-state index in [-0.39, 0.29) is 0 Å². The zero-order chi connectivity index (χ0) is 11.4. The summed E-state index contributed by atoms with van der Waals surface area (Å²) in [4.78, 5) is 12.1. The molecular formula is C10H12Cl2N2O. The van der Waals surface area contributed by atoms with Gasteiger partial charge in [0.25, 0.3) is 5.91 Å². The van der Waals surface area contributed by atoms with Crippen LogP contribution in [-0.4, -0.2) is 24.8 Å². The number of carbonyl (C=O) groups excluding carboxylic acids is 1. The highest BCUT2D eigenvalue weighted by atomic mass is 35.5. The number of amides is 1. The number of nitrogens with zero attached hydrogens (tertiary/aromatic N) is 1. The van der Waals surface area contributed by atoms with Crippen LogP contribution in [-0.2, 0) is 4.79 Å². The average molecular weight is 247 g/mol. The highest BCUT2D eigenvalue weighted by Gasteiger charge is 2.11. The molecule has 0 bridgehead atoms. The lowest BCUT2D eigenvalue weighted by atomic mass is 10.2. The molecule has 0 aliphatic heterocycles. The number of alkyl halides is 2. The number of hydrogen-bond acceptors (Lipinski definition) is 2. The van der Waals surface area contributed by atoms with Crippen molar-refractivity contribution in [3.05, 3.63) is 24.3 Å². The topological polar surface area (TPSA) is 32.3 Å². The largest absolute Gasteiger partial charge is 0.378 e. The minimum atomic E-state index is -1.05. The molecule has 1 N–H and O–H groups in total. The van der Waals surface area contributed by atoms with Crippen molar-refractivity contribution in [1.82, 2.24) is 0 Å². The Kier molecular flexibility index (Phi) is 4.24. The van der Waals surface area contributed by atoms with E-state index in [1.54, 1.807) is 6.07 Å². The third-order valence-electron chi connectivity index (χ3n) is 1.83. The molecule has 0 aliphatic rings. The van der Waals surface area contributed by atoms with Crippen LogP contribution in [0.1, 0.15) is 0 Å². The predicted octanol–water partition coefficient (Wildman–Crippen LogP) is 2.49. The van der Waals surface area contributed by atoms with Crippen LogP contribution in [0, 0.1) is 0 Å². The smallest absolute Gasteiger partial charge is 0.257 e. The molecule has 1 amide bonds. The Morgan fingerprint density at radius 2 is 2.07 bits per heavy atom. The third-order valence-corrected chi connectivity index (χ3v) is 2.22. The lowest BCUT2D eigenvalue weighted by Crippen LogP contribution is -2.18. The van der Waals surface area contributed by atoms with Crippen LogP contribution in [0.4, 0.5) is 11.4 Å². The van der Waals surface area contributed by atoms with Gasteiger partial charge >= 0.3 is 0 Å². The highest BCUT2D eigenvalue weighted by molar-refractivity contribution is 6.54. The Hall–Kier alpha value is -0.930. The zero-order valence-corrected chi connectivity index (χ0v) is 10.0. The van der Waals surface area contributed by atoms with Gasteiger partial charge in [-0.25, -0.2) is 0 Å². The Morgan fingerprint density at radius 1 is 1.40 bits per heavy atom. The van der Waals surface area contributed by atoms with Gasteiger partial charge in [0.05, 0.1) is 0 Å². The third kappa shape index (κ3) is 3.61. The molecule has 3 nitrogen and oxygen atoms in total. The molecule has 82 valence electrons. The van der Waals surface area contributed by atoms with Gasteiger partial charge in [-0.15, -0.1) is 0 Å². The van der Waals surface area contributed by atoms with Gasteiger partial charge in [0, 0.05) is 25.5 Å². The normalized spacial score (nSPS) is 10.2. The van der Waals surface area contributed by atoms with E-state index in [4.69, 9.17) is 23.2 Å². The minimum Gasteiger partial charge on any atom is -0.378 e. The molecule has 0 unspecified atom stereocenters. The van der Waals surface area contributed by atoms with Crippen LogP contribution in [0.2, 0.25) is 0 Å². The first kappa shape index (κ1) is 12.1. The second-order valence-corrected chi connectivity index (χ2v) is 4.33. The van der Waals surface area contributed by atoms with Gasteiger partial charge in [-0.05, 0) is 18.2 Å². The van der Waals surface area contributed by atoms with Crippen molar-refractivity contribution in [3.63, 3.8) is 0 Å². The van der Waals surface area contributed by atoms with E-state index in [9.17, 15) is 4.79 Å². The van der Waals surface area contributed by atoms with Crippen LogP contribution in [0.25, 0.3) is 0 Å². The molecule has 0 aliphatic carbocycles. The molecular weight excluding hydrogens is 235 g/mol. The van der Waals surface area contributed by atoms with E-state index >= 15 is 0 Å². The molecule has 0 heterocycles. The predicted molar refractivity (Wildman–Crippen MR) is 64.9 cm³/mol. The summed E-state index contributed by atoms with van der Waals surface area (Å²) in [6, 6.07) is 7.41. The van der Waals surface area contributed by atoms with Crippen LogP contribution >= 0.6 is 23.2 Å². The van der Waals surface area contributed by atoms with Gasteiger partial charge in [0.1, 0.15) is 0 Å². The lowest BCUT2D eigenvalue weighted by Gasteiger charge is -2.14. The first-order valence-electron chi connectivity index (χ1n) is 4.37. The van der Waals surface area contributed by atoms with E-state index in [2.05, 4.69) is 5.32 Å². The second kappa shape index (κ2) is 5.24. The fraction of sp³-hybridized carbons (Fsp3) is 0.300. The van der Waals surface area contributed by atoms with E-state index in [1.807, 2.05) is 37.2 Å². The standard InChI is InChI=1S/C10H12Cl2N2O/c1-14(2)8-5-3-4-7(6-8)13-10(15)9(11)12/h3-6,9H,1-2H3,(H,13,15). The number of hydrogen-bond donors (Lipinski definition) is 1. The molecule has 5 heteroatoms. The summed E-state index contributed by atoms with van der Waals surface area (Å²) in [6.45, 7) is 0. The first-order valence-corrected chi connectivity index (χ1v) is 5.24. The molecule has 0 fully saturated rings. The summed E-state index contributed by atoms with van der Waals surface area (Å²) in [5.41, 5.74) is 1.67. The van der Waals surface area contributed by atoms with Crippen molar-refractivity contribution in [2.24, 2.45) is 0 Å². The monoisotopic (exact) mass is 246 g/mol. The summed E-state index contributed by atoms with van der Waals surface area (Å²) in [5.74, 6) is -0.422.